The molecule has 2 rings (SSSR count). The van der Waals surface area contributed by atoms with Crippen molar-refractivity contribution in [1.82, 2.24) is 0 Å². The van der Waals surface area contributed by atoms with E-state index in [9.17, 15) is 36.9 Å². The van der Waals surface area contributed by atoms with Crippen LogP contribution in [0.4, 0.5) is 22.0 Å². The van der Waals surface area contributed by atoms with E-state index in [1.54, 1.807) is 0 Å². The zero-order valence-corrected chi connectivity index (χ0v) is 11.9. The fourth-order valence-electron chi connectivity index (χ4n) is 1.79. The van der Waals surface area contributed by atoms with Crippen LogP contribution in [0.2, 0.25) is 0 Å². The number of rotatable bonds is 5. The first kappa shape index (κ1) is 18.1. The number of carbonyl (C=O) groups excluding carboxylic acids is 1. The van der Waals surface area contributed by atoms with Crippen molar-refractivity contribution in [3.63, 3.8) is 0 Å². The van der Waals surface area contributed by atoms with Crippen molar-refractivity contribution in [3.8, 4) is 5.75 Å². The first-order valence-electron chi connectivity index (χ1n) is 6.32. The predicted molar refractivity (Wildman–Crippen MR) is 69.4 cm³/mol. The van der Waals surface area contributed by atoms with Crippen molar-refractivity contribution in [2.45, 2.75) is 6.61 Å². The summed E-state index contributed by atoms with van der Waals surface area (Å²) in [5.41, 5.74) is -0.527. The maximum atomic E-state index is 13.5. The summed E-state index contributed by atoms with van der Waals surface area (Å²) in [6, 6.07) is 4.92. The molecule has 0 aliphatic heterocycles. The maximum Gasteiger partial charge on any atom is 0.344 e. The highest BCUT2D eigenvalue weighted by atomic mass is 19.2. The van der Waals surface area contributed by atoms with Crippen molar-refractivity contribution in [1.29, 1.82) is 0 Å². The highest BCUT2D eigenvalue weighted by Gasteiger charge is 2.29. The second-order valence-corrected chi connectivity index (χ2v) is 4.44. The van der Waals surface area contributed by atoms with Gasteiger partial charge in [-0.15, -0.1) is 10.1 Å². The van der Waals surface area contributed by atoms with E-state index in [-0.39, 0.29) is 5.56 Å². The molecule has 0 amide bonds. The molecule has 2 aromatic rings. The van der Waals surface area contributed by atoms with Crippen LogP contribution in [0, 0.1) is 39.2 Å². The van der Waals surface area contributed by atoms with Crippen molar-refractivity contribution in [2.24, 2.45) is 0 Å². The van der Waals surface area contributed by atoms with E-state index >= 15 is 0 Å². The van der Waals surface area contributed by atoms with Gasteiger partial charge in [0.05, 0.1) is 5.56 Å². The standard InChI is InChI=1S/C14H6F5NO5/c15-8-9(16)11(18)13(12(19)10(8)17)25-14(21)7-4-2-1-3-6(7)5-24-20(22)23/h1-4H,5H2. The Morgan fingerprint density at radius 3 is 2.04 bits per heavy atom. The highest BCUT2D eigenvalue weighted by Crippen LogP contribution is 2.30. The van der Waals surface area contributed by atoms with Gasteiger partial charge in [-0.2, -0.15) is 8.78 Å². The summed E-state index contributed by atoms with van der Waals surface area (Å²) in [5, 5.41) is 9.04. The lowest BCUT2D eigenvalue weighted by atomic mass is 10.1. The molecule has 0 saturated carbocycles. The second-order valence-electron chi connectivity index (χ2n) is 4.44. The van der Waals surface area contributed by atoms with Crippen molar-refractivity contribution < 1.29 is 41.4 Å². The van der Waals surface area contributed by atoms with E-state index in [4.69, 9.17) is 0 Å². The van der Waals surface area contributed by atoms with Crippen molar-refractivity contribution >= 4 is 5.97 Å². The van der Waals surface area contributed by atoms with Crippen LogP contribution in [0.15, 0.2) is 24.3 Å². The SMILES string of the molecule is O=C(Oc1c(F)c(F)c(F)c(F)c1F)c1ccccc1CO[N+](=O)[O-]. The fraction of sp³-hybridized carbons (Fsp3) is 0.0714. The Balaban J connectivity index is 2.37. The summed E-state index contributed by atoms with van der Waals surface area (Å²) in [6.07, 6.45) is 0. The summed E-state index contributed by atoms with van der Waals surface area (Å²) in [6.45, 7) is -0.699. The van der Waals surface area contributed by atoms with Gasteiger partial charge in [0.2, 0.25) is 34.8 Å². The monoisotopic (exact) mass is 363 g/mol. The number of esters is 1. The van der Waals surface area contributed by atoms with Crippen LogP contribution in [-0.2, 0) is 11.4 Å². The molecule has 0 aliphatic rings. The molecular weight excluding hydrogens is 357 g/mol. The van der Waals surface area contributed by atoms with E-state index in [1.807, 2.05) is 0 Å². The molecule has 0 bridgehead atoms. The first-order valence-corrected chi connectivity index (χ1v) is 6.32. The third kappa shape index (κ3) is 3.65. The second kappa shape index (κ2) is 7.11. The first-order chi connectivity index (χ1) is 11.7. The van der Waals surface area contributed by atoms with Gasteiger partial charge < -0.3 is 9.57 Å². The average molecular weight is 363 g/mol. The molecule has 0 heterocycles. The highest BCUT2D eigenvalue weighted by molar-refractivity contribution is 5.92. The number of carbonyl (C=O) groups is 1. The van der Waals surface area contributed by atoms with Gasteiger partial charge in [-0.05, 0) is 11.6 Å². The molecule has 0 spiro atoms. The number of benzene rings is 2. The summed E-state index contributed by atoms with van der Waals surface area (Å²) >= 11 is 0. The normalized spacial score (nSPS) is 10.4. The van der Waals surface area contributed by atoms with E-state index in [0.29, 0.717) is 0 Å². The minimum absolute atomic E-state index is 0.104. The van der Waals surface area contributed by atoms with E-state index in [2.05, 4.69) is 9.57 Å². The summed E-state index contributed by atoms with van der Waals surface area (Å²) < 4.78 is 70.5. The molecule has 0 aliphatic carbocycles. The molecule has 2 aromatic carbocycles. The van der Waals surface area contributed by atoms with Crippen LogP contribution in [0.3, 0.4) is 0 Å². The molecule has 0 atom stereocenters. The number of hydrogen-bond acceptors (Lipinski definition) is 5. The zero-order chi connectivity index (χ0) is 18.7. The van der Waals surface area contributed by atoms with E-state index in [0.717, 1.165) is 6.07 Å². The van der Waals surface area contributed by atoms with E-state index in [1.165, 1.54) is 18.2 Å². The van der Waals surface area contributed by atoms with Crippen LogP contribution >= 0.6 is 0 Å². The topological polar surface area (TPSA) is 78.7 Å². The van der Waals surface area contributed by atoms with Crippen molar-refractivity contribution in [2.75, 3.05) is 0 Å². The quantitative estimate of drug-likeness (QED) is 0.155. The molecule has 0 fully saturated rings. The molecule has 0 saturated heterocycles. The lowest BCUT2D eigenvalue weighted by Gasteiger charge is -2.11. The Bertz CT molecular complexity index is 829. The Labute approximate surface area is 135 Å². The van der Waals surface area contributed by atoms with Gasteiger partial charge in [-0.25, -0.2) is 18.0 Å². The fourth-order valence-corrected chi connectivity index (χ4v) is 1.79. The Kier molecular flexibility index (Phi) is 5.15. The maximum absolute atomic E-state index is 13.5. The molecule has 11 heteroatoms. The Morgan fingerprint density at radius 1 is 0.960 bits per heavy atom. The predicted octanol–water partition coefficient (Wildman–Crippen LogP) is 3.31. The Morgan fingerprint density at radius 2 is 1.48 bits per heavy atom. The van der Waals surface area contributed by atoms with Crippen LogP contribution < -0.4 is 4.74 Å². The van der Waals surface area contributed by atoms with Gasteiger partial charge in [0.25, 0.3) is 5.09 Å². The van der Waals surface area contributed by atoms with Gasteiger partial charge >= 0.3 is 5.97 Å². The summed E-state index contributed by atoms with van der Waals surface area (Å²) in [4.78, 5) is 26.2. The van der Waals surface area contributed by atoms with E-state index < -0.39 is 58.1 Å². The largest absolute Gasteiger partial charge is 0.416 e. The molecule has 0 radical (unpaired) electrons. The number of nitrogens with zero attached hydrogens (tertiary/aromatic N) is 1. The number of ether oxygens (including phenoxy) is 1. The average Bonchev–Trinajstić information content (AvgIpc) is 2.60. The summed E-state index contributed by atoms with van der Waals surface area (Å²) in [7, 11) is 0. The van der Waals surface area contributed by atoms with Gasteiger partial charge in [-0.3, -0.25) is 0 Å². The molecule has 6 nitrogen and oxygen atoms in total. The third-order valence-electron chi connectivity index (χ3n) is 2.93. The van der Waals surface area contributed by atoms with Gasteiger partial charge in [0.1, 0.15) is 6.61 Å². The van der Waals surface area contributed by atoms with Gasteiger partial charge in [-0.1, -0.05) is 18.2 Å². The van der Waals surface area contributed by atoms with Crippen LogP contribution in [0.25, 0.3) is 0 Å². The third-order valence-corrected chi connectivity index (χ3v) is 2.93. The minimum Gasteiger partial charge on any atom is -0.416 e. The molecule has 132 valence electrons. The van der Waals surface area contributed by atoms with Gasteiger partial charge in [0.15, 0.2) is 0 Å². The van der Waals surface area contributed by atoms with Crippen LogP contribution in [0.5, 0.6) is 5.75 Å². The molecule has 0 aromatic heterocycles. The summed E-state index contributed by atoms with van der Waals surface area (Å²) in [5.74, 6) is -14.9. The molecule has 25 heavy (non-hydrogen) atoms. The number of hydrogen-bond donors (Lipinski definition) is 0. The van der Waals surface area contributed by atoms with Crippen LogP contribution in [0.1, 0.15) is 15.9 Å². The Hall–Kier alpha value is -3.24. The molecular formula is C14H6F5NO5. The lowest BCUT2D eigenvalue weighted by Crippen LogP contribution is -2.16. The number of halogens is 5. The van der Waals surface area contributed by atoms with Crippen molar-refractivity contribution in [3.05, 3.63) is 74.6 Å². The molecule has 0 unspecified atom stereocenters. The lowest BCUT2D eigenvalue weighted by molar-refractivity contribution is -0.763. The zero-order valence-electron chi connectivity index (χ0n) is 11.9. The van der Waals surface area contributed by atoms with Gasteiger partial charge in [0, 0.05) is 0 Å². The smallest absolute Gasteiger partial charge is 0.344 e. The minimum atomic E-state index is -2.41. The molecule has 0 N–H and O–H groups in total. The van der Waals surface area contributed by atoms with Crippen LogP contribution in [-0.4, -0.2) is 11.1 Å².